The van der Waals surface area contributed by atoms with Crippen LogP contribution < -0.4 is 0 Å². The summed E-state index contributed by atoms with van der Waals surface area (Å²) >= 11 is 6.07. The van der Waals surface area contributed by atoms with Gasteiger partial charge in [0, 0.05) is 18.1 Å². The molecule has 116 valence electrons. The van der Waals surface area contributed by atoms with Gasteiger partial charge in [-0.2, -0.15) is 0 Å². The van der Waals surface area contributed by atoms with Crippen molar-refractivity contribution in [2.45, 2.75) is 51.6 Å². The molecule has 1 aliphatic carbocycles. The Morgan fingerprint density at radius 1 is 1.52 bits per heavy atom. The molecular formula is C17H22ClFO2. The largest absolute Gasteiger partial charge is 0.367 e. The molecule has 0 aliphatic heterocycles. The summed E-state index contributed by atoms with van der Waals surface area (Å²) in [6, 6.07) is 4.14. The van der Waals surface area contributed by atoms with E-state index in [1.807, 2.05) is 6.92 Å². The number of hydrogen-bond donors (Lipinski definition) is 0. The molecule has 0 spiro atoms. The minimum absolute atomic E-state index is 0.0170. The van der Waals surface area contributed by atoms with Crippen LogP contribution in [0.1, 0.15) is 45.1 Å². The standard InChI is InChI=1S/C17H22ClFO2/c1-3-21-17(8-4-5-12(2)11-17)16(20)10-13-9-14(19)6-7-15(13)18/h6-7,9,12H,3-5,8,10-11H2,1-2H3. The molecule has 0 heterocycles. The molecule has 2 unspecified atom stereocenters. The third-order valence-electron chi connectivity index (χ3n) is 4.24. The number of halogens is 2. The Morgan fingerprint density at radius 3 is 2.95 bits per heavy atom. The Hall–Kier alpha value is -0.930. The van der Waals surface area contributed by atoms with Crippen molar-refractivity contribution in [3.8, 4) is 0 Å². The minimum atomic E-state index is -0.720. The molecule has 1 fully saturated rings. The number of benzene rings is 1. The first-order chi connectivity index (χ1) is 9.97. The zero-order valence-electron chi connectivity index (χ0n) is 12.6. The summed E-state index contributed by atoms with van der Waals surface area (Å²) in [6.07, 6.45) is 3.74. The van der Waals surface area contributed by atoms with E-state index in [1.165, 1.54) is 18.2 Å². The van der Waals surface area contributed by atoms with Gasteiger partial charge in [0.25, 0.3) is 0 Å². The van der Waals surface area contributed by atoms with Crippen molar-refractivity contribution in [3.63, 3.8) is 0 Å². The number of ketones is 1. The molecule has 1 saturated carbocycles. The molecule has 0 bridgehead atoms. The van der Waals surface area contributed by atoms with Crippen molar-refractivity contribution < 1.29 is 13.9 Å². The molecule has 0 aromatic heterocycles. The fourth-order valence-electron chi connectivity index (χ4n) is 3.26. The fraction of sp³-hybridized carbons (Fsp3) is 0.588. The summed E-state index contributed by atoms with van der Waals surface area (Å²) < 4.78 is 19.2. The molecule has 0 saturated heterocycles. The third kappa shape index (κ3) is 3.83. The van der Waals surface area contributed by atoms with Crippen LogP contribution in [0.5, 0.6) is 0 Å². The number of Topliss-reactive ketones (excluding diaryl/α,β-unsaturated/α-hetero) is 1. The third-order valence-corrected chi connectivity index (χ3v) is 4.61. The van der Waals surface area contributed by atoms with Crippen LogP contribution in [0.4, 0.5) is 4.39 Å². The number of hydrogen-bond acceptors (Lipinski definition) is 2. The van der Waals surface area contributed by atoms with Crippen LogP contribution in [0.2, 0.25) is 5.02 Å². The molecule has 4 heteroatoms. The maximum absolute atomic E-state index is 13.3. The van der Waals surface area contributed by atoms with Gasteiger partial charge < -0.3 is 4.74 Å². The number of carbonyl (C=O) groups excluding carboxylic acids is 1. The van der Waals surface area contributed by atoms with E-state index >= 15 is 0 Å². The van der Waals surface area contributed by atoms with Crippen LogP contribution in [-0.2, 0) is 16.0 Å². The molecular weight excluding hydrogens is 291 g/mol. The van der Waals surface area contributed by atoms with Crippen LogP contribution >= 0.6 is 11.6 Å². The van der Waals surface area contributed by atoms with E-state index in [1.54, 1.807) is 0 Å². The molecule has 1 aromatic rings. The molecule has 2 nitrogen and oxygen atoms in total. The first-order valence-electron chi connectivity index (χ1n) is 7.58. The minimum Gasteiger partial charge on any atom is -0.367 e. The maximum Gasteiger partial charge on any atom is 0.169 e. The monoisotopic (exact) mass is 312 g/mol. The summed E-state index contributed by atoms with van der Waals surface area (Å²) in [5, 5.41) is 0.431. The second kappa shape index (κ2) is 6.89. The molecule has 0 radical (unpaired) electrons. The predicted molar refractivity (Wildman–Crippen MR) is 82.1 cm³/mol. The van der Waals surface area contributed by atoms with E-state index in [9.17, 15) is 9.18 Å². The van der Waals surface area contributed by atoms with Gasteiger partial charge in [-0.3, -0.25) is 4.79 Å². The lowest BCUT2D eigenvalue weighted by Gasteiger charge is -2.38. The average molecular weight is 313 g/mol. The van der Waals surface area contributed by atoms with Gasteiger partial charge in [0.2, 0.25) is 0 Å². The highest BCUT2D eigenvalue weighted by molar-refractivity contribution is 6.31. The van der Waals surface area contributed by atoms with Gasteiger partial charge in [-0.05, 0) is 55.9 Å². The number of rotatable bonds is 5. The summed E-state index contributed by atoms with van der Waals surface area (Å²) in [6.45, 7) is 4.56. The predicted octanol–water partition coefficient (Wildman–Crippen LogP) is 4.58. The summed E-state index contributed by atoms with van der Waals surface area (Å²) in [5.74, 6) is 0.116. The number of carbonyl (C=O) groups is 1. The normalized spacial score (nSPS) is 25.8. The molecule has 2 rings (SSSR count). The highest BCUT2D eigenvalue weighted by atomic mass is 35.5. The van der Waals surface area contributed by atoms with Crippen LogP contribution in [0, 0.1) is 11.7 Å². The van der Waals surface area contributed by atoms with Crippen LogP contribution in [0.3, 0.4) is 0 Å². The molecule has 0 amide bonds. The van der Waals surface area contributed by atoms with Crippen molar-refractivity contribution >= 4 is 17.4 Å². The highest BCUT2D eigenvalue weighted by Gasteiger charge is 2.42. The summed E-state index contributed by atoms with van der Waals surface area (Å²) in [4.78, 5) is 12.8. The van der Waals surface area contributed by atoms with Gasteiger partial charge in [-0.15, -0.1) is 0 Å². The van der Waals surface area contributed by atoms with E-state index in [0.717, 1.165) is 25.7 Å². The van der Waals surface area contributed by atoms with Crippen LogP contribution in [0.15, 0.2) is 18.2 Å². The van der Waals surface area contributed by atoms with Crippen molar-refractivity contribution in [3.05, 3.63) is 34.6 Å². The highest BCUT2D eigenvalue weighted by Crippen LogP contribution is 2.37. The van der Waals surface area contributed by atoms with Crippen molar-refractivity contribution in [1.29, 1.82) is 0 Å². The summed E-state index contributed by atoms with van der Waals surface area (Å²) in [5.41, 5.74) is -0.179. The summed E-state index contributed by atoms with van der Waals surface area (Å²) in [7, 11) is 0. The van der Waals surface area contributed by atoms with E-state index < -0.39 is 5.60 Å². The average Bonchev–Trinajstić information content (AvgIpc) is 2.43. The Bertz CT molecular complexity index is 514. The first-order valence-corrected chi connectivity index (χ1v) is 7.96. The van der Waals surface area contributed by atoms with Gasteiger partial charge in [-0.25, -0.2) is 4.39 Å². The zero-order chi connectivity index (χ0) is 15.5. The maximum atomic E-state index is 13.3. The second-order valence-electron chi connectivity index (χ2n) is 5.96. The molecule has 21 heavy (non-hydrogen) atoms. The van der Waals surface area contributed by atoms with Gasteiger partial charge in [-0.1, -0.05) is 24.9 Å². The lowest BCUT2D eigenvalue weighted by Crippen LogP contribution is -2.46. The molecule has 1 aromatic carbocycles. The van der Waals surface area contributed by atoms with E-state index in [4.69, 9.17) is 16.3 Å². The number of ether oxygens (including phenoxy) is 1. The zero-order valence-corrected chi connectivity index (χ0v) is 13.4. The van der Waals surface area contributed by atoms with Crippen molar-refractivity contribution in [2.75, 3.05) is 6.61 Å². The molecule has 1 aliphatic rings. The molecule has 0 N–H and O–H groups in total. The topological polar surface area (TPSA) is 26.3 Å². The van der Waals surface area contributed by atoms with E-state index in [2.05, 4.69) is 6.92 Å². The van der Waals surface area contributed by atoms with Gasteiger partial charge >= 0.3 is 0 Å². The lowest BCUT2D eigenvalue weighted by molar-refractivity contribution is -0.150. The Labute approximate surface area is 130 Å². The van der Waals surface area contributed by atoms with Crippen LogP contribution in [0.25, 0.3) is 0 Å². The fourth-order valence-corrected chi connectivity index (χ4v) is 3.44. The van der Waals surface area contributed by atoms with Gasteiger partial charge in [0.15, 0.2) is 5.78 Å². The van der Waals surface area contributed by atoms with E-state index in [0.29, 0.717) is 23.1 Å². The quantitative estimate of drug-likeness (QED) is 0.795. The molecule has 2 atom stereocenters. The first kappa shape index (κ1) is 16.4. The van der Waals surface area contributed by atoms with Crippen LogP contribution in [-0.4, -0.2) is 18.0 Å². The lowest BCUT2D eigenvalue weighted by atomic mass is 9.75. The Kier molecular flexibility index (Phi) is 5.39. The smallest absolute Gasteiger partial charge is 0.169 e. The van der Waals surface area contributed by atoms with Gasteiger partial charge in [0.1, 0.15) is 11.4 Å². The Balaban J connectivity index is 2.20. The Morgan fingerprint density at radius 2 is 2.29 bits per heavy atom. The van der Waals surface area contributed by atoms with Crippen molar-refractivity contribution in [2.24, 2.45) is 5.92 Å². The van der Waals surface area contributed by atoms with E-state index in [-0.39, 0.29) is 18.0 Å². The van der Waals surface area contributed by atoms with Gasteiger partial charge in [0.05, 0.1) is 0 Å². The SMILES string of the molecule is CCOC1(C(=O)Cc2cc(F)ccc2Cl)CCCC(C)C1. The van der Waals surface area contributed by atoms with Crippen molar-refractivity contribution in [1.82, 2.24) is 0 Å². The second-order valence-corrected chi connectivity index (χ2v) is 6.37.